The van der Waals surface area contributed by atoms with Crippen molar-refractivity contribution in [1.29, 1.82) is 0 Å². The Morgan fingerprint density at radius 1 is 0.628 bits per heavy atom. The van der Waals surface area contributed by atoms with Crippen molar-refractivity contribution in [3.8, 4) is 11.1 Å². The highest BCUT2D eigenvalue weighted by Gasteiger charge is 2.27. The number of benzene rings is 4. The Balaban J connectivity index is 1.76. The van der Waals surface area contributed by atoms with E-state index in [1.807, 2.05) is 0 Å². The largest absolute Gasteiger partial charge is 0.307 e. The maximum atomic E-state index is 2.60. The molecule has 2 heteroatoms. The Hall–Kier alpha value is -3.91. The van der Waals surface area contributed by atoms with E-state index < -0.39 is 0 Å². The van der Waals surface area contributed by atoms with E-state index in [1.165, 1.54) is 99.1 Å². The van der Waals surface area contributed by atoms with Crippen molar-refractivity contribution in [1.82, 2.24) is 4.40 Å². The lowest BCUT2D eigenvalue weighted by Gasteiger charge is -2.24. The van der Waals surface area contributed by atoms with Crippen LogP contribution in [0.4, 0.5) is 0 Å². The molecule has 0 atom stereocenters. The van der Waals surface area contributed by atoms with Crippen LogP contribution in [0, 0.1) is 27.7 Å². The summed E-state index contributed by atoms with van der Waals surface area (Å²) in [7, 11) is 2.21. The van der Waals surface area contributed by atoms with Crippen molar-refractivity contribution in [3.05, 3.63) is 93.7 Å². The molecule has 7 rings (SSSR count). The van der Waals surface area contributed by atoms with Gasteiger partial charge >= 0.3 is 0 Å². The predicted octanol–water partition coefficient (Wildman–Crippen LogP) is 11.1. The molecule has 0 amide bonds. The Labute approximate surface area is 256 Å². The maximum absolute atomic E-state index is 2.60. The third kappa shape index (κ3) is 3.88. The minimum atomic E-state index is 0.429. The standard InChI is InChI=1S/C41H45N2/c1-21(2)29-18-31(22(3)4)38(32(19-29)23(5)6)30-17-28-12-13-42(11)41-37-27(10)26(9)15-34-33-14-24(7)25(8)16-35(33)43(40(34)37)36(20-30)39(28)41/h12-23H,1-11H3/q+1. The summed E-state index contributed by atoms with van der Waals surface area (Å²) in [5, 5.41) is 6.74. The van der Waals surface area contributed by atoms with Crippen LogP contribution < -0.4 is 4.57 Å². The van der Waals surface area contributed by atoms with Crippen LogP contribution in [-0.2, 0) is 7.05 Å². The van der Waals surface area contributed by atoms with E-state index >= 15 is 0 Å². The van der Waals surface area contributed by atoms with E-state index in [-0.39, 0.29) is 0 Å². The summed E-state index contributed by atoms with van der Waals surface area (Å²) in [6.07, 6.45) is 2.26. The first-order chi connectivity index (χ1) is 20.4. The molecule has 0 saturated heterocycles. The second-order valence-corrected chi connectivity index (χ2v) is 14.2. The molecule has 0 bridgehead atoms. The molecule has 43 heavy (non-hydrogen) atoms. The topological polar surface area (TPSA) is 8.29 Å². The van der Waals surface area contributed by atoms with E-state index in [2.05, 4.69) is 140 Å². The molecular formula is C41H45N2+. The molecule has 0 aliphatic heterocycles. The number of nitrogens with zero attached hydrogens (tertiary/aromatic N) is 2. The molecule has 0 spiro atoms. The smallest absolute Gasteiger partial charge is 0.224 e. The number of aryl methyl sites for hydroxylation is 5. The number of hydrogen-bond donors (Lipinski definition) is 0. The van der Waals surface area contributed by atoms with Gasteiger partial charge in [0.05, 0.1) is 27.3 Å². The maximum Gasteiger partial charge on any atom is 0.224 e. The van der Waals surface area contributed by atoms with Gasteiger partial charge in [-0.05, 0) is 131 Å². The second-order valence-electron chi connectivity index (χ2n) is 14.2. The molecular weight excluding hydrogens is 520 g/mol. The zero-order valence-electron chi connectivity index (χ0n) is 27.8. The highest BCUT2D eigenvalue weighted by atomic mass is 15.0. The second kappa shape index (κ2) is 9.55. The third-order valence-electron chi connectivity index (χ3n) is 10.3. The Morgan fingerprint density at radius 2 is 1.26 bits per heavy atom. The lowest BCUT2D eigenvalue weighted by molar-refractivity contribution is -0.643. The average Bonchev–Trinajstić information content (AvgIpc) is 3.26. The van der Waals surface area contributed by atoms with Gasteiger partial charge in [-0.25, -0.2) is 4.57 Å². The fourth-order valence-electron chi connectivity index (χ4n) is 7.59. The van der Waals surface area contributed by atoms with Gasteiger partial charge in [0.1, 0.15) is 7.05 Å². The number of rotatable bonds is 4. The van der Waals surface area contributed by atoms with Crippen molar-refractivity contribution in [2.45, 2.75) is 87.0 Å². The van der Waals surface area contributed by atoms with Crippen molar-refractivity contribution in [3.63, 3.8) is 0 Å². The van der Waals surface area contributed by atoms with Crippen LogP contribution in [0.15, 0.2) is 54.7 Å². The van der Waals surface area contributed by atoms with Crippen LogP contribution in [-0.4, -0.2) is 4.40 Å². The summed E-state index contributed by atoms with van der Waals surface area (Å²) in [5.74, 6) is 1.36. The highest BCUT2D eigenvalue weighted by molar-refractivity contribution is 6.26. The van der Waals surface area contributed by atoms with Crippen LogP contribution in [0.25, 0.3) is 60.1 Å². The fraction of sp³-hybridized carbons (Fsp3) is 0.341. The van der Waals surface area contributed by atoms with Gasteiger partial charge in [0, 0.05) is 16.8 Å². The van der Waals surface area contributed by atoms with Gasteiger partial charge < -0.3 is 4.40 Å². The first-order valence-corrected chi connectivity index (χ1v) is 16.1. The lowest BCUT2D eigenvalue weighted by Crippen LogP contribution is -2.29. The van der Waals surface area contributed by atoms with E-state index in [9.17, 15) is 0 Å². The van der Waals surface area contributed by atoms with Crippen molar-refractivity contribution >= 4 is 49.0 Å². The molecule has 0 aliphatic carbocycles. The predicted molar refractivity (Wildman–Crippen MR) is 186 cm³/mol. The zero-order chi connectivity index (χ0) is 30.6. The number of aromatic nitrogens is 2. The molecule has 0 aliphatic rings. The van der Waals surface area contributed by atoms with Crippen LogP contribution in [0.2, 0.25) is 0 Å². The molecule has 4 aromatic carbocycles. The number of fused-ring (bicyclic) bond motifs is 5. The van der Waals surface area contributed by atoms with Gasteiger partial charge in [-0.2, -0.15) is 0 Å². The van der Waals surface area contributed by atoms with Gasteiger partial charge in [-0.3, -0.25) is 0 Å². The van der Waals surface area contributed by atoms with Gasteiger partial charge in [0.2, 0.25) is 5.52 Å². The van der Waals surface area contributed by atoms with E-state index in [0.717, 1.165) is 0 Å². The Morgan fingerprint density at radius 3 is 1.88 bits per heavy atom. The lowest BCUT2D eigenvalue weighted by atomic mass is 9.81. The zero-order valence-corrected chi connectivity index (χ0v) is 27.8. The van der Waals surface area contributed by atoms with Gasteiger partial charge in [0.15, 0.2) is 6.20 Å². The summed E-state index contributed by atoms with van der Waals surface area (Å²) in [4.78, 5) is 0. The molecule has 0 saturated carbocycles. The molecule has 0 unspecified atom stereocenters. The first kappa shape index (κ1) is 27.9. The molecule has 2 nitrogen and oxygen atoms in total. The minimum absolute atomic E-state index is 0.429. The molecule has 3 heterocycles. The summed E-state index contributed by atoms with van der Waals surface area (Å²) in [5.41, 5.74) is 17.8. The fourth-order valence-corrected chi connectivity index (χ4v) is 7.59. The third-order valence-corrected chi connectivity index (χ3v) is 10.3. The molecule has 7 aromatic rings. The van der Waals surface area contributed by atoms with E-state index in [0.29, 0.717) is 17.8 Å². The van der Waals surface area contributed by atoms with Crippen LogP contribution in [0.3, 0.4) is 0 Å². The Kier molecular flexibility index (Phi) is 6.19. The van der Waals surface area contributed by atoms with Crippen LogP contribution in [0.1, 0.15) is 98.2 Å². The van der Waals surface area contributed by atoms with Crippen LogP contribution in [0.5, 0.6) is 0 Å². The molecule has 0 N–H and O–H groups in total. The van der Waals surface area contributed by atoms with Crippen LogP contribution >= 0.6 is 0 Å². The van der Waals surface area contributed by atoms with Gasteiger partial charge in [0.25, 0.3) is 0 Å². The first-order valence-electron chi connectivity index (χ1n) is 16.1. The Bertz CT molecular complexity index is 2230. The van der Waals surface area contributed by atoms with Crippen molar-refractivity contribution < 1.29 is 4.57 Å². The molecule has 3 aromatic heterocycles. The quantitative estimate of drug-likeness (QED) is 0.114. The van der Waals surface area contributed by atoms with Gasteiger partial charge in [-0.1, -0.05) is 53.7 Å². The molecule has 0 fully saturated rings. The van der Waals surface area contributed by atoms with E-state index in [1.54, 1.807) is 0 Å². The summed E-state index contributed by atoms with van der Waals surface area (Å²) in [6.45, 7) is 23.1. The normalized spacial score (nSPS) is 12.7. The van der Waals surface area contributed by atoms with E-state index in [4.69, 9.17) is 0 Å². The van der Waals surface area contributed by atoms with Crippen molar-refractivity contribution in [2.75, 3.05) is 0 Å². The minimum Gasteiger partial charge on any atom is -0.307 e. The summed E-state index contributed by atoms with van der Waals surface area (Å²) >= 11 is 0. The molecule has 0 radical (unpaired) electrons. The number of pyridine rings is 2. The molecule has 218 valence electrons. The van der Waals surface area contributed by atoms with Crippen molar-refractivity contribution in [2.24, 2.45) is 7.05 Å². The number of hydrogen-bond acceptors (Lipinski definition) is 0. The SMILES string of the molecule is Cc1cc2c3cc(C)c(C)c4c3n(c2cc1C)c1cc(-c2c(C(C)C)cc(C(C)C)cc2C(C)C)cc2cc[n+](C)c4c21. The van der Waals surface area contributed by atoms with Gasteiger partial charge in [-0.15, -0.1) is 0 Å². The summed E-state index contributed by atoms with van der Waals surface area (Å²) < 4.78 is 4.95. The highest BCUT2D eigenvalue weighted by Crippen LogP contribution is 2.45. The summed E-state index contributed by atoms with van der Waals surface area (Å²) in [6, 6.07) is 19.5. The average molecular weight is 566 g/mol. The monoisotopic (exact) mass is 565 g/mol.